The fourth-order valence-corrected chi connectivity index (χ4v) is 3.40. The van der Waals surface area contributed by atoms with E-state index in [0.717, 1.165) is 19.5 Å². The lowest BCUT2D eigenvalue weighted by molar-refractivity contribution is -0.135. The first kappa shape index (κ1) is 19.5. The molecule has 0 radical (unpaired) electrons. The van der Waals surface area contributed by atoms with Crippen LogP contribution in [-0.4, -0.2) is 48.9 Å². The van der Waals surface area contributed by atoms with Gasteiger partial charge in [0, 0.05) is 20.1 Å². The van der Waals surface area contributed by atoms with E-state index < -0.39 is 0 Å². The number of carbonyl (C=O) groups excluding carboxylic acids is 1. The Morgan fingerprint density at radius 3 is 2.32 bits per heavy atom. The van der Waals surface area contributed by atoms with Gasteiger partial charge >= 0.3 is 0 Å². The van der Waals surface area contributed by atoms with Crippen LogP contribution >= 0.6 is 0 Å². The molecule has 0 spiro atoms. The van der Waals surface area contributed by atoms with Crippen LogP contribution < -0.4 is 0 Å². The summed E-state index contributed by atoms with van der Waals surface area (Å²) in [7, 11) is 1.93. The van der Waals surface area contributed by atoms with Gasteiger partial charge in [-0.15, -0.1) is 0 Å². The van der Waals surface area contributed by atoms with Crippen LogP contribution in [0, 0.1) is 5.92 Å². The monoisotopic (exact) mass is 310 g/mol. The van der Waals surface area contributed by atoms with E-state index >= 15 is 0 Å². The summed E-state index contributed by atoms with van der Waals surface area (Å²) in [4.78, 5) is 16.7. The summed E-state index contributed by atoms with van der Waals surface area (Å²) in [6, 6.07) is 0. The standard InChI is InChI=1S/C19H38N2O/c1-4-6-7-8-9-10-11-12-15-21-16-13-14-18(17-21)19(22)20(3)5-2/h18H,4-17H2,1-3H3/t18-/m0/s1. The van der Waals surface area contributed by atoms with E-state index in [0.29, 0.717) is 5.91 Å². The fourth-order valence-electron chi connectivity index (χ4n) is 3.40. The second-order valence-electron chi connectivity index (χ2n) is 6.97. The quantitative estimate of drug-likeness (QED) is 0.531. The summed E-state index contributed by atoms with van der Waals surface area (Å²) >= 11 is 0. The molecule has 3 heteroatoms. The second kappa shape index (κ2) is 11.9. The molecule has 130 valence electrons. The lowest BCUT2D eigenvalue weighted by Gasteiger charge is -2.33. The minimum Gasteiger partial charge on any atom is -0.346 e. The van der Waals surface area contributed by atoms with Gasteiger partial charge in [-0.3, -0.25) is 4.79 Å². The smallest absolute Gasteiger partial charge is 0.226 e. The molecule has 0 aliphatic carbocycles. The average molecular weight is 311 g/mol. The summed E-state index contributed by atoms with van der Waals surface area (Å²) < 4.78 is 0. The van der Waals surface area contributed by atoms with E-state index in [-0.39, 0.29) is 5.92 Å². The Morgan fingerprint density at radius 2 is 1.68 bits per heavy atom. The molecule has 1 aliphatic heterocycles. The molecule has 1 atom stereocenters. The molecule has 0 N–H and O–H groups in total. The van der Waals surface area contributed by atoms with Gasteiger partial charge in [-0.1, -0.05) is 51.9 Å². The Labute approximate surface area is 138 Å². The molecular formula is C19H38N2O. The Bertz CT molecular complexity index is 293. The number of nitrogens with zero attached hydrogens (tertiary/aromatic N) is 2. The maximum absolute atomic E-state index is 12.3. The highest BCUT2D eigenvalue weighted by atomic mass is 16.2. The highest BCUT2D eigenvalue weighted by molar-refractivity contribution is 5.78. The maximum Gasteiger partial charge on any atom is 0.226 e. The molecule has 22 heavy (non-hydrogen) atoms. The van der Waals surface area contributed by atoms with Gasteiger partial charge in [-0.05, 0) is 39.3 Å². The molecule has 1 heterocycles. The molecule has 1 saturated heterocycles. The largest absolute Gasteiger partial charge is 0.346 e. The minimum absolute atomic E-state index is 0.243. The zero-order valence-electron chi connectivity index (χ0n) is 15.3. The van der Waals surface area contributed by atoms with Gasteiger partial charge in [0.15, 0.2) is 0 Å². The second-order valence-corrected chi connectivity index (χ2v) is 6.97. The van der Waals surface area contributed by atoms with Crippen LogP contribution in [0.4, 0.5) is 0 Å². The predicted octanol–water partition coefficient (Wildman–Crippen LogP) is 4.32. The van der Waals surface area contributed by atoms with Gasteiger partial charge in [0.05, 0.1) is 5.92 Å². The summed E-state index contributed by atoms with van der Waals surface area (Å²) in [6.45, 7) is 8.52. The molecule has 1 amide bonds. The SMILES string of the molecule is CCCCCCCCCCN1CCC[C@H](C(=O)N(C)CC)C1. The van der Waals surface area contributed by atoms with E-state index in [9.17, 15) is 4.79 Å². The third kappa shape index (κ3) is 7.62. The number of amides is 1. The topological polar surface area (TPSA) is 23.6 Å². The van der Waals surface area contributed by atoms with Crippen molar-refractivity contribution in [3.8, 4) is 0 Å². The van der Waals surface area contributed by atoms with E-state index in [4.69, 9.17) is 0 Å². The number of piperidine rings is 1. The molecular weight excluding hydrogens is 272 g/mol. The molecule has 1 fully saturated rings. The van der Waals surface area contributed by atoms with Crippen LogP contribution in [0.3, 0.4) is 0 Å². The normalized spacial score (nSPS) is 19.3. The van der Waals surface area contributed by atoms with Crippen molar-refractivity contribution in [3.05, 3.63) is 0 Å². The van der Waals surface area contributed by atoms with Crippen molar-refractivity contribution in [2.45, 2.75) is 78.1 Å². The van der Waals surface area contributed by atoms with Crippen LogP contribution in [0.2, 0.25) is 0 Å². The third-order valence-electron chi connectivity index (χ3n) is 5.03. The fraction of sp³-hybridized carbons (Fsp3) is 0.947. The number of likely N-dealkylation sites (tertiary alicyclic amines) is 1. The number of hydrogen-bond acceptors (Lipinski definition) is 2. The molecule has 3 nitrogen and oxygen atoms in total. The summed E-state index contributed by atoms with van der Waals surface area (Å²) in [6.07, 6.45) is 13.3. The molecule has 0 bridgehead atoms. The van der Waals surface area contributed by atoms with E-state index in [1.807, 2.05) is 11.9 Å². The summed E-state index contributed by atoms with van der Waals surface area (Å²) in [5.41, 5.74) is 0. The van der Waals surface area contributed by atoms with Crippen molar-refractivity contribution in [1.29, 1.82) is 0 Å². The van der Waals surface area contributed by atoms with Crippen LogP contribution in [0.1, 0.15) is 78.1 Å². The molecule has 1 aliphatic rings. The first-order valence-corrected chi connectivity index (χ1v) is 9.66. The maximum atomic E-state index is 12.3. The van der Waals surface area contributed by atoms with Crippen molar-refractivity contribution >= 4 is 5.91 Å². The lowest BCUT2D eigenvalue weighted by Crippen LogP contribution is -2.43. The number of carbonyl (C=O) groups is 1. The molecule has 0 aromatic heterocycles. The van der Waals surface area contributed by atoms with Crippen molar-refractivity contribution in [2.75, 3.05) is 33.2 Å². The van der Waals surface area contributed by atoms with Gasteiger partial charge in [-0.25, -0.2) is 0 Å². The number of rotatable bonds is 11. The van der Waals surface area contributed by atoms with Gasteiger partial charge < -0.3 is 9.80 Å². The molecule has 0 aromatic rings. The van der Waals surface area contributed by atoms with E-state index in [1.54, 1.807) is 0 Å². The minimum atomic E-state index is 0.243. The Balaban J connectivity index is 2.09. The summed E-state index contributed by atoms with van der Waals surface area (Å²) in [5.74, 6) is 0.593. The van der Waals surface area contributed by atoms with Gasteiger partial charge in [0.25, 0.3) is 0 Å². The van der Waals surface area contributed by atoms with E-state index in [1.165, 1.54) is 70.9 Å². The van der Waals surface area contributed by atoms with Crippen LogP contribution in [0.15, 0.2) is 0 Å². The van der Waals surface area contributed by atoms with Crippen LogP contribution in [-0.2, 0) is 4.79 Å². The molecule has 0 unspecified atom stereocenters. The predicted molar refractivity (Wildman–Crippen MR) is 95.1 cm³/mol. The van der Waals surface area contributed by atoms with Crippen molar-refractivity contribution in [2.24, 2.45) is 5.92 Å². The first-order valence-electron chi connectivity index (χ1n) is 9.66. The summed E-state index contributed by atoms with van der Waals surface area (Å²) in [5, 5.41) is 0. The van der Waals surface area contributed by atoms with E-state index in [2.05, 4.69) is 18.7 Å². The Kier molecular flexibility index (Phi) is 10.6. The Morgan fingerprint density at radius 1 is 1.05 bits per heavy atom. The number of unbranched alkanes of at least 4 members (excludes halogenated alkanes) is 7. The van der Waals surface area contributed by atoms with Gasteiger partial charge in [0.2, 0.25) is 5.91 Å². The molecule has 0 saturated carbocycles. The van der Waals surface area contributed by atoms with Crippen LogP contribution in [0.5, 0.6) is 0 Å². The van der Waals surface area contributed by atoms with Crippen molar-refractivity contribution < 1.29 is 4.79 Å². The molecule has 1 rings (SSSR count). The van der Waals surface area contributed by atoms with Crippen molar-refractivity contribution in [3.63, 3.8) is 0 Å². The number of hydrogen-bond donors (Lipinski definition) is 0. The average Bonchev–Trinajstić information content (AvgIpc) is 2.56. The highest BCUT2D eigenvalue weighted by Crippen LogP contribution is 2.19. The van der Waals surface area contributed by atoms with Gasteiger partial charge in [0.1, 0.15) is 0 Å². The van der Waals surface area contributed by atoms with Crippen molar-refractivity contribution in [1.82, 2.24) is 9.80 Å². The molecule has 0 aromatic carbocycles. The zero-order chi connectivity index (χ0) is 16.2. The van der Waals surface area contributed by atoms with Gasteiger partial charge in [-0.2, -0.15) is 0 Å². The Hall–Kier alpha value is -0.570. The third-order valence-corrected chi connectivity index (χ3v) is 5.03. The zero-order valence-corrected chi connectivity index (χ0v) is 15.3. The lowest BCUT2D eigenvalue weighted by atomic mass is 9.96. The van der Waals surface area contributed by atoms with Crippen LogP contribution in [0.25, 0.3) is 0 Å². The highest BCUT2D eigenvalue weighted by Gasteiger charge is 2.26. The first-order chi connectivity index (χ1) is 10.7.